The molecule has 29 heavy (non-hydrogen) atoms. The number of hydrogen-bond acceptors (Lipinski definition) is 3. The molecule has 0 radical (unpaired) electrons. The third kappa shape index (κ3) is 4.38. The van der Waals surface area contributed by atoms with Crippen LogP contribution in [0, 0.1) is 6.92 Å². The van der Waals surface area contributed by atoms with Gasteiger partial charge < -0.3 is 14.8 Å². The lowest BCUT2D eigenvalue weighted by atomic mass is 10.2. The van der Waals surface area contributed by atoms with Gasteiger partial charge in [0.25, 0.3) is 0 Å². The molecule has 0 aliphatic carbocycles. The van der Waals surface area contributed by atoms with Gasteiger partial charge in [0.1, 0.15) is 5.82 Å². The van der Waals surface area contributed by atoms with E-state index in [4.69, 9.17) is 23.2 Å². The van der Waals surface area contributed by atoms with Crippen molar-refractivity contribution >= 4 is 34.9 Å². The molecule has 8 heteroatoms. The first-order valence-electron chi connectivity index (χ1n) is 9.48. The Morgan fingerprint density at radius 2 is 1.93 bits per heavy atom. The number of anilines is 1. The summed E-state index contributed by atoms with van der Waals surface area (Å²) in [7, 11) is 0. The van der Waals surface area contributed by atoms with Crippen molar-refractivity contribution in [2.45, 2.75) is 32.4 Å². The SMILES string of the molecule is Cc1nnc(C2CCCN2C(=O)Nc2cccc(Cl)c2)n1Cc1ccc(Cl)cc1. The molecule has 0 bridgehead atoms. The summed E-state index contributed by atoms with van der Waals surface area (Å²) >= 11 is 12.0. The lowest BCUT2D eigenvalue weighted by molar-refractivity contribution is 0.204. The highest BCUT2D eigenvalue weighted by molar-refractivity contribution is 6.31. The summed E-state index contributed by atoms with van der Waals surface area (Å²) in [6, 6.07) is 14.6. The van der Waals surface area contributed by atoms with Gasteiger partial charge in [-0.25, -0.2) is 4.79 Å². The van der Waals surface area contributed by atoms with Crippen molar-refractivity contribution in [3.63, 3.8) is 0 Å². The number of carbonyl (C=O) groups excluding carboxylic acids is 1. The smallest absolute Gasteiger partial charge is 0.314 e. The Kier molecular flexibility index (Phi) is 5.74. The number of likely N-dealkylation sites (tertiary alicyclic amines) is 1. The van der Waals surface area contributed by atoms with Crippen molar-refractivity contribution in [2.75, 3.05) is 11.9 Å². The van der Waals surface area contributed by atoms with Gasteiger partial charge >= 0.3 is 6.03 Å². The van der Waals surface area contributed by atoms with E-state index in [1.54, 1.807) is 12.1 Å². The van der Waals surface area contributed by atoms with Gasteiger partial charge in [0.15, 0.2) is 5.82 Å². The zero-order chi connectivity index (χ0) is 20.4. The lowest BCUT2D eigenvalue weighted by Crippen LogP contribution is -2.35. The first-order valence-corrected chi connectivity index (χ1v) is 10.2. The first-order chi connectivity index (χ1) is 14.0. The summed E-state index contributed by atoms with van der Waals surface area (Å²) < 4.78 is 2.07. The van der Waals surface area contributed by atoms with Gasteiger partial charge in [-0.3, -0.25) is 0 Å². The predicted octanol–water partition coefficient (Wildman–Crippen LogP) is 5.31. The molecular formula is C21H21Cl2N5O. The molecule has 2 aromatic carbocycles. The summed E-state index contributed by atoms with van der Waals surface area (Å²) in [6.45, 7) is 3.23. The Hall–Kier alpha value is -2.57. The van der Waals surface area contributed by atoms with E-state index in [1.807, 2.05) is 48.2 Å². The van der Waals surface area contributed by atoms with E-state index >= 15 is 0 Å². The lowest BCUT2D eigenvalue weighted by Gasteiger charge is -2.25. The quantitative estimate of drug-likeness (QED) is 0.610. The van der Waals surface area contributed by atoms with E-state index in [9.17, 15) is 4.79 Å². The predicted molar refractivity (Wildman–Crippen MR) is 114 cm³/mol. The molecule has 2 heterocycles. The van der Waals surface area contributed by atoms with Gasteiger partial charge in [0.2, 0.25) is 0 Å². The fourth-order valence-corrected chi connectivity index (χ4v) is 3.97. The van der Waals surface area contributed by atoms with Crippen LogP contribution in [-0.4, -0.2) is 32.2 Å². The van der Waals surface area contributed by atoms with Crippen LogP contribution in [0.3, 0.4) is 0 Å². The number of nitrogens with one attached hydrogen (secondary N) is 1. The molecule has 1 aliphatic heterocycles. The van der Waals surface area contributed by atoms with Gasteiger partial charge in [0, 0.05) is 22.3 Å². The van der Waals surface area contributed by atoms with Crippen LogP contribution < -0.4 is 5.32 Å². The molecule has 6 nitrogen and oxygen atoms in total. The van der Waals surface area contributed by atoms with E-state index in [2.05, 4.69) is 20.1 Å². The molecule has 2 amide bonds. The van der Waals surface area contributed by atoms with Crippen molar-refractivity contribution in [3.8, 4) is 0 Å². The summed E-state index contributed by atoms with van der Waals surface area (Å²) in [5.41, 5.74) is 1.78. The molecule has 1 atom stereocenters. The fraction of sp³-hybridized carbons (Fsp3) is 0.286. The first kappa shape index (κ1) is 19.7. The van der Waals surface area contributed by atoms with Crippen molar-refractivity contribution in [3.05, 3.63) is 75.8 Å². The van der Waals surface area contributed by atoms with E-state index in [1.165, 1.54) is 0 Å². The van der Waals surface area contributed by atoms with Gasteiger partial charge in [-0.2, -0.15) is 0 Å². The highest BCUT2D eigenvalue weighted by Gasteiger charge is 2.34. The van der Waals surface area contributed by atoms with Crippen LogP contribution >= 0.6 is 23.2 Å². The number of urea groups is 1. The van der Waals surface area contributed by atoms with Gasteiger partial charge in [-0.05, 0) is 55.7 Å². The minimum absolute atomic E-state index is 0.123. The second kappa shape index (κ2) is 8.43. The molecule has 1 unspecified atom stereocenters. The summed E-state index contributed by atoms with van der Waals surface area (Å²) in [5, 5.41) is 12.9. The Balaban J connectivity index is 1.55. The van der Waals surface area contributed by atoms with Gasteiger partial charge in [-0.15, -0.1) is 10.2 Å². The molecule has 1 aliphatic rings. The van der Waals surface area contributed by atoms with E-state index in [0.29, 0.717) is 28.8 Å². The number of aryl methyl sites for hydroxylation is 1. The Morgan fingerprint density at radius 1 is 1.14 bits per heavy atom. The number of halogens is 2. The minimum atomic E-state index is -0.159. The molecule has 0 saturated carbocycles. The Labute approximate surface area is 179 Å². The fourth-order valence-electron chi connectivity index (χ4n) is 3.65. The topological polar surface area (TPSA) is 63.1 Å². The number of aromatic nitrogens is 3. The van der Waals surface area contributed by atoms with Crippen LogP contribution in [0.25, 0.3) is 0 Å². The average molecular weight is 430 g/mol. The second-order valence-corrected chi connectivity index (χ2v) is 7.98. The number of carbonyl (C=O) groups is 1. The third-order valence-electron chi connectivity index (χ3n) is 5.11. The summed E-state index contributed by atoms with van der Waals surface area (Å²) in [5.74, 6) is 1.62. The third-order valence-corrected chi connectivity index (χ3v) is 5.59. The van der Waals surface area contributed by atoms with Gasteiger partial charge in [0.05, 0.1) is 12.6 Å². The van der Waals surface area contributed by atoms with Crippen LogP contribution in [-0.2, 0) is 6.54 Å². The number of hydrogen-bond donors (Lipinski definition) is 1. The zero-order valence-corrected chi connectivity index (χ0v) is 17.5. The number of nitrogens with zero attached hydrogens (tertiary/aromatic N) is 4. The Morgan fingerprint density at radius 3 is 2.69 bits per heavy atom. The maximum absolute atomic E-state index is 12.9. The van der Waals surface area contributed by atoms with Crippen LogP contribution in [0.1, 0.15) is 36.1 Å². The minimum Gasteiger partial charge on any atom is -0.314 e. The van der Waals surface area contributed by atoms with Crippen LogP contribution in [0.15, 0.2) is 48.5 Å². The zero-order valence-electron chi connectivity index (χ0n) is 16.0. The largest absolute Gasteiger partial charge is 0.322 e. The van der Waals surface area contributed by atoms with Crippen molar-refractivity contribution < 1.29 is 4.79 Å². The molecule has 0 spiro atoms. The molecule has 1 aromatic heterocycles. The van der Waals surface area contributed by atoms with Gasteiger partial charge in [-0.1, -0.05) is 41.4 Å². The summed E-state index contributed by atoms with van der Waals surface area (Å²) in [4.78, 5) is 14.7. The number of rotatable bonds is 4. The molecule has 3 aromatic rings. The molecule has 4 rings (SSSR count). The van der Waals surface area contributed by atoms with E-state index < -0.39 is 0 Å². The maximum Gasteiger partial charge on any atom is 0.322 e. The monoisotopic (exact) mass is 429 g/mol. The highest BCUT2D eigenvalue weighted by Crippen LogP contribution is 2.32. The number of benzene rings is 2. The summed E-state index contributed by atoms with van der Waals surface area (Å²) in [6.07, 6.45) is 1.77. The van der Waals surface area contributed by atoms with Crippen molar-refractivity contribution in [1.29, 1.82) is 0 Å². The van der Waals surface area contributed by atoms with Crippen LogP contribution in [0.4, 0.5) is 10.5 Å². The molecule has 1 fully saturated rings. The normalized spacial score (nSPS) is 16.2. The number of amides is 2. The van der Waals surface area contributed by atoms with Crippen LogP contribution in [0.2, 0.25) is 10.0 Å². The van der Waals surface area contributed by atoms with Crippen LogP contribution in [0.5, 0.6) is 0 Å². The molecular weight excluding hydrogens is 409 g/mol. The van der Waals surface area contributed by atoms with E-state index in [0.717, 1.165) is 30.1 Å². The average Bonchev–Trinajstić information content (AvgIpc) is 3.31. The molecule has 1 saturated heterocycles. The molecule has 150 valence electrons. The maximum atomic E-state index is 12.9. The molecule has 1 N–H and O–H groups in total. The highest BCUT2D eigenvalue weighted by atomic mass is 35.5. The second-order valence-electron chi connectivity index (χ2n) is 7.11. The van der Waals surface area contributed by atoms with E-state index in [-0.39, 0.29) is 12.1 Å². The van der Waals surface area contributed by atoms with Crippen molar-refractivity contribution in [2.24, 2.45) is 0 Å². The standard InChI is InChI=1S/C21H21Cl2N5O/c1-14-25-26-20(28(14)13-15-7-9-16(22)10-8-15)19-6-3-11-27(19)21(29)24-18-5-2-4-17(23)12-18/h2,4-5,7-10,12,19H,3,6,11,13H2,1H3,(H,24,29). The Bertz CT molecular complexity index is 1020. The van der Waals surface area contributed by atoms with Crippen molar-refractivity contribution in [1.82, 2.24) is 19.7 Å².